The standard InChI is InChI=1S/C25H19N3O7S2/c1-2-34-22-12-16(10-11-21(22)35-15-17-6-3-4-9-20(17)28(32)33)13-23-24(29)26(25(36)37-23)18-7-5-8-19(14-18)27(30)31/h3-14H,2,15H2,1H3/b23-13-. The Bertz CT molecular complexity index is 1440. The lowest BCUT2D eigenvalue weighted by atomic mass is 10.1. The van der Waals surface area contributed by atoms with E-state index in [1.165, 1.54) is 29.2 Å². The van der Waals surface area contributed by atoms with Crippen LogP contribution in [0, 0.1) is 20.2 Å². The van der Waals surface area contributed by atoms with Gasteiger partial charge in [0.15, 0.2) is 15.8 Å². The lowest BCUT2D eigenvalue weighted by Crippen LogP contribution is -2.27. The maximum atomic E-state index is 13.1. The number of benzene rings is 3. The zero-order valence-electron chi connectivity index (χ0n) is 19.4. The molecule has 1 fully saturated rings. The molecule has 3 aromatic rings. The number of carbonyl (C=O) groups excluding carboxylic acids is 1. The average molecular weight is 538 g/mol. The summed E-state index contributed by atoms with van der Waals surface area (Å²) in [7, 11) is 0. The maximum absolute atomic E-state index is 13.1. The van der Waals surface area contributed by atoms with Gasteiger partial charge in [0.05, 0.1) is 32.6 Å². The number of nitro benzene ring substituents is 2. The van der Waals surface area contributed by atoms with E-state index in [9.17, 15) is 25.0 Å². The topological polar surface area (TPSA) is 125 Å². The van der Waals surface area contributed by atoms with Crippen LogP contribution in [-0.2, 0) is 11.4 Å². The van der Waals surface area contributed by atoms with E-state index >= 15 is 0 Å². The largest absolute Gasteiger partial charge is 0.490 e. The van der Waals surface area contributed by atoms with Crippen LogP contribution >= 0.6 is 24.0 Å². The van der Waals surface area contributed by atoms with Crippen molar-refractivity contribution in [1.82, 2.24) is 0 Å². The van der Waals surface area contributed by atoms with E-state index in [-0.39, 0.29) is 22.3 Å². The Morgan fingerprint density at radius 1 is 0.973 bits per heavy atom. The number of rotatable bonds is 9. The van der Waals surface area contributed by atoms with Crippen molar-refractivity contribution in [1.29, 1.82) is 0 Å². The Morgan fingerprint density at radius 3 is 2.49 bits per heavy atom. The number of hydrogen-bond donors (Lipinski definition) is 0. The average Bonchev–Trinajstić information content (AvgIpc) is 3.16. The Kier molecular flexibility index (Phi) is 7.80. The summed E-state index contributed by atoms with van der Waals surface area (Å²) >= 11 is 6.45. The van der Waals surface area contributed by atoms with Crippen LogP contribution in [0.4, 0.5) is 17.1 Å². The summed E-state index contributed by atoms with van der Waals surface area (Å²) in [5, 5.41) is 22.4. The van der Waals surface area contributed by atoms with Gasteiger partial charge in [-0.15, -0.1) is 0 Å². The second kappa shape index (κ2) is 11.2. The molecule has 1 saturated heterocycles. The number of para-hydroxylation sites is 1. The number of ether oxygens (including phenoxy) is 2. The van der Waals surface area contributed by atoms with Crippen LogP contribution in [0.2, 0.25) is 0 Å². The fourth-order valence-electron chi connectivity index (χ4n) is 3.56. The molecule has 1 amide bonds. The van der Waals surface area contributed by atoms with Gasteiger partial charge in [0.25, 0.3) is 17.3 Å². The van der Waals surface area contributed by atoms with Gasteiger partial charge >= 0.3 is 0 Å². The molecule has 4 rings (SSSR count). The van der Waals surface area contributed by atoms with Crippen molar-refractivity contribution >= 4 is 57.3 Å². The summed E-state index contributed by atoms with van der Waals surface area (Å²) in [4.78, 5) is 36.1. The molecule has 10 nitrogen and oxygen atoms in total. The van der Waals surface area contributed by atoms with Crippen LogP contribution < -0.4 is 14.4 Å². The van der Waals surface area contributed by atoms with E-state index in [0.29, 0.717) is 39.8 Å². The quantitative estimate of drug-likeness (QED) is 0.142. The molecule has 37 heavy (non-hydrogen) atoms. The highest BCUT2D eigenvalue weighted by Gasteiger charge is 2.34. The third-order valence-corrected chi connectivity index (χ3v) is 6.53. The van der Waals surface area contributed by atoms with E-state index < -0.39 is 15.8 Å². The van der Waals surface area contributed by atoms with Crippen LogP contribution in [0.15, 0.2) is 71.6 Å². The van der Waals surface area contributed by atoms with E-state index in [4.69, 9.17) is 21.7 Å². The predicted molar refractivity (Wildman–Crippen MR) is 144 cm³/mol. The summed E-state index contributed by atoms with van der Waals surface area (Å²) in [6.07, 6.45) is 1.64. The summed E-state index contributed by atoms with van der Waals surface area (Å²) < 4.78 is 11.8. The first-order valence-corrected chi connectivity index (χ1v) is 12.1. The molecule has 1 aliphatic rings. The Morgan fingerprint density at radius 2 is 1.76 bits per heavy atom. The molecule has 1 heterocycles. The third-order valence-electron chi connectivity index (χ3n) is 5.23. The summed E-state index contributed by atoms with van der Waals surface area (Å²) in [5.41, 5.74) is 1.19. The van der Waals surface area contributed by atoms with E-state index in [1.54, 1.807) is 48.5 Å². The van der Waals surface area contributed by atoms with Crippen molar-refractivity contribution in [3.05, 3.63) is 103 Å². The Labute approximate surface area is 220 Å². The Hall–Kier alpha value is -4.29. The van der Waals surface area contributed by atoms with Gasteiger partial charge in [0.2, 0.25) is 0 Å². The van der Waals surface area contributed by atoms with Gasteiger partial charge < -0.3 is 9.47 Å². The number of thiocarbonyl (C=S) groups is 1. The third kappa shape index (κ3) is 5.76. The van der Waals surface area contributed by atoms with Gasteiger partial charge in [-0.3, -0.25) is 29.9 Å². The summed E-state index contributed by atoms with van der Waals surface area (Å²) in [5.74, 6) is 0.399. The molecule has 0 saturated carbocycles. The minimum atomic E-state index is -0.536. The van der Waals surface area contributed by atoms with Crippen molar-refractivity contribution in [2.24, 2.45) is 0 Å². The zero-order chi connectivity index (χ0) is 26.5. The van der Waals surface area contributed by atoms with Crippen LogP contribution in [0.25, 0.3) is 6.08 Å². The first-order valence-electron chi connectivity index (χ1n) is 10.9. The fraction of sp³-hybridized carbons (Fsp3) is 0.120. The van der Waals surface area contributed by atoms with Crippen molar-refractivity contribution in [2.45, 2.75) is 13.5 Å². The summed E-state index contributed by atoms with van der Waals surface area (Å²) in [6, 6.07) is 17.1. The van der Waals surface area contributed by atoms with Crippen molar-refractivity contribution in [3.63, 3.8) is 0 Å². The molecule has 0 bridgehead atoms. The number of carbonyl (C=O) groups is 1. The smallest absolute Gasteiger partial charge is 0.276 e. The van der Waals surface area contributed by atoms with E-state index in [1.807, 2.05) is 6.92 Å². The molecule has 3 aromatic carbocycles. The van der Waals surface area contributed by atoms with E-state index in [0.717, 1.165) is 11.8 Å². The second-order valence-electron chi connectivity index (χ2n) is 7.61. The van der Waals surface area contributed by atoms with Crippen molar-refractivity contribution in [2.75, 3.05) is 11.5 Å². The number of hydrogen-bond acceptors (Lipinski definition) is 9. The highest BCUT2D eigenvalue weighted by molar-refractivity contribution is 8.27. The SMILES string of the molecule is CCOc1cc(/C=C2\SC(=S)N(c3cccc([N+](=O)[O-])c3)C2=O)ccc1OCc1ccccc1[N+](=O)[O-]. The molecule has 0 unspecified atom stereocenters. The molecule has 0 N–H and O–H groups in total. The maximum Gasteiger partial charge on any atom is 0.276 e. The summed E-state index contributed by atoms with van der Waals surface area (Å²) in [6.45, 7) is 2.13. The van der Waals surface area contributed by atoms with Crippen LogP contribution in [0.1, 0.15) is 18.1 Å². The predicted octanol–water partition coefficient (Wildman–Crippen LogP) is 5.89. The van der Waals surface area contributed by atoms with E-state index in [2.05, 4.69) is 0 Å². The van der Waals surface area contributed by atoms with Gasteiger partial charge in [-0.05, 0) is 42.8 Å². The van der Waals surface area contributed by atoms with Gasteiger partial charge in [-0.2, -0.15) is 0 Å². The molecule has 0 spiro atoms. The second-order valence-corrected chi connectivity index (χ2v) is 9.28. The molecule has 0 radical (unpaired) electrons. The van der Waals surface area contributed by atoms with Gasteiger partial charge in [0, 0.05) is 18.2 Å². The first-order chi connectivity index (χ1) is 17.8. The van der Waals surface area contributed by atoms with Crippen LogP contribution in [0.5, 0.6) is 11.5 Å². The number of thioether (sulfide) groups is 1. The number of nitro groups is 2. The molecular weight excluding hydrogens is 518 g/mol. The molecule has 0 aliphatic carbocycles. The van der Waals surface area contributed by atoms with Gasteiger partial charge in [-0.25, -0.2) is 0 Å². The monoisotopic (exact) mass is 537 g/mol. The molecule has 12 heteroatoms. The zero-order valence-corrected chi connectivity index (χ0v) is 21.0. The lowest BCUT2D eigenvalue weighted by molar-refractivity contribution is -0.385. The number of anilines is 1. The van der Waals surface area contributed by atoms with Crippen LogP contribution in [0.3, 0.4) is 0 Å². The van der Waals surface area contributed by atoms with Gasteiger partial charge in [0.1, 0.15) is 6.61 Å². The normalized spacial score (nSPS) is 14.2. The Balaban J connectivity index is 1.57. The molecular formula is C25H19N3O7S2. The number of amides is 1. The first kappa shape index (κ1) is 25.8. The highest BCUT2D eigenvalue weighted by Crippen LogP contribution is 2.38. The molecule has 1 aliphatic heterocycles. The number of nitrogens with zero attached hydrogens (tertiary/aromatic N) is 3. The highest BCUT2D eigenvalue weighted by atomic mass is 32.2. The minimum absolute atomic E-state index is 0.0293. The number of non-ortho nitro benzene ring substituents is 1. The van der Waals surface area contributed by atoms with Gasteiger partial charge in [-0.1, -0.05) is 48.2 Å². The lowest BCUT2D eigenvalue weighted by Gasteiger charge is -2.14. The van der Waals surface area contributed by atoms with Crippen molar-refractivity contribution < 1.29 is 24.1 Å². The fourth-order valence-corrected chi connectivity index (χ4v) is 4.85. The van der Waals surface area contributed by atoms with Crippen molar-refractivity contribution in [3.8, 4) is 11.5 Å². The minimum Gasteiger partial charge on any atom is -0.490 e. The molecule has 0 atom stereocenters. The molecule has 188 valence electrons. The molecule has 0 aromatic heterocycles. The van der Waals surface area contributed by atoms with Crippen LogP contribution in [-0.4, -0.2) is 26.7 Å².